The zero-order valence-corrected chi connectivity index (χ0v) is 22.8. The second kappa shape index (κ2) is 11.7. The van der Waals surface area contributed by atoms with Crippen LogP contribution in [0.15, 0.2) is 47.3 Å². The predicted octanol–water partition coefficient (Wildman–Crippen LogP) is 2.13. The summed E-state index contributed by atoms with van der Waals surface area (Å²) in [5.74, 6) is -2.33. The highest BCUT2D eigenvalue weighted by atomic mass is 35.5. The maximum atomic E-state index is 13.2. The molecule has 3 amide bonds. The van der Waals surface area contributed by atoms with E-state index in [1.807, 2.05) is 0 Å². The van der Waals surface area contributed by atoms with E-state index in [1.54, 1.807) is 19.1 Å². The lowest BCUT2D eigenvalue weighted by Crippen LogP contribution is -2.47. The summed E-state index contributed by atoms with van der Waals surface area (Å²) in [6.45, 7) is 4.52. The number of amides is 3. The van der Waals surface area contributed by atoms with Crippen LogP contribution in [-0.2, 0) is 11.3 Å². The number of hydrogen-bond acceptors (Lipinski definition) is 8. The summed E-state index contributed by atoms with van der Waals surface area (Å²) >= 11 is 6.52. The van der Waals surface area contributed by atoms with Gasteiger partial charge in [0.05, 0.1) is 46.7 Å². The molecule has 1 fully saturated rings. The van der Waals surface area contributed by atoms with E-state index in [0.29, 0.717) is 26.2 Å². The van der Waals surface area contributed by atoms with E-state index >= 15 is 0 Å². The second-order valence-electron chi connectivity index (χ2n) is 9.57. The van der Waals surface area contributed by atoms with Crippen LogP contribution in [-0.4, -0.2) is 66.1 Å². The van der Waals surface area contributed by atoms with Gasteiger partial charge in [-0.25, -0.2) is 4.39 Å². The van der Waals surface area contributed by atoms with Crippen LogP contribution in [0, 0.1) is 5.82 Å². The third kappa shape index (κ3) is 5.80. The molecular weight excluding hydrogens is 557 g/mol. The number of nitrogens with one attached hydrogen (secondary N) is 2. The third-order valence-corrected chi connectivity index (χ3v) is 7.12. The molecule has 11 nitrogen and oxygen atoms in total. The lowest BCUT2D eigenvalue weighted by atomic mass is 10.1. The van der Waals surface area contributed by atoms with Crippen LogP contribution in [0.5, 0.6) is 5.75 Å². The largest absolute Gasteiger partial charge is 0.493 e. The molecule has 4 N–H and O–H groups in total. The Morgan fingerprint density at radius 1 is 1.20 bits per heavy atom. The molecule has 1 aromatic heterocycles. The number of carbonyl (C=O) groups is 3. The number of morpholine rings is 1. The topological polar surface area (TPSA) is 145 Å². The fourth-order valence-electron chi connectivity index (χ4n) is 4.89. The fourth-order valence-corrected chi connectivity index (χ4v) is 5.14. The fraction of sp³-hybridized carbons (Fsp3) is 0.286. The molecular formula is C28H27ClFN5O6. The molecule has 0 bridgehead atoms. The van der Waals surface area contributed by atoms with E-state index in [0.717, 1.165) is 16.2 Å². The van der Waals surface area contributed by atoms with Gasteiger partial charge in [-0.15, -0.1) is 0 Å². The second-order valence-corrected chi connectivity index (χ2v) is 9.98. The molecule has 0 spiro atoms. The lowest BCUT2D eigenvalue weighted by molar-refractivity contribution is -0.0292. The van der Waals surface area contributed by atoms with Crippen LogP contribution in [0.1, 0.15) is 43.6 Å². The summed E-state index contributed by atoms with van der Waals surface area (Å²) in [4.78, 5) is 52.5. The van der Waals surface area contributed by atoms with E-state index < -0.39 is 23.3 Å². The number of rotatable bonds is 8. The van der Waals surface area contributed by atoms with Crippen molar-refractivity contribution in [3.8, 4) is 11.4 Å². The van der Waals surface area contributed by atoms with Crippen LogP contribution < -0.4 is 26.7 Å². The normalized spacial score (nSPS) is 16.8. The SMILES string of the molecule is CCOc1cc(-n2c(N)c3c(cc2=O)C(=O)NC3=O)c(Cl)cc1C(=O)NCC1CN(Cc2ccc(F)cc2)CCO1. The molecule has 3 aromatic rings. The molecule has 2 aromatic carbocycles. The maximum absolute atomic E-state index is 13.2. The Morgan fingerprint density at radius 3 is 2.68 bits per heavy atom. The number of nitrogens with two attached hydrogens (primary N) is 1. The molecule has 0 radical (unpaired) electrons. The van der Waals surface area contributed by atoms with Crippen LogP contribution in [0.4, 0.5) is 10.2 Å². The molecule has 214 valence electrons. The van der Waals surface area contributed by atoms with Gasteiger partial charge < -0.3 is 20.5 Å². The van der Waals surface area contributed by atoms with Gasteiger partial charge in [-0.1, -0.05) is 23.7 Å². The number of pyridine rings is 1. The number of anilines is 1. The molecule has 1 atom stereocenters. The first-order chi connectivity index (χ1) is 19.7. The summed E-state index contributed by atoms with van der Waals surface area (Å²) in [7, 11) is 0. The first-order valence-electron chi connectivity index (χ1n) is 12.9. The van der Waals surface area contributed by atoms with Gasteiger partial charge in [-0.2, -0.15) is 0 Å². The number of hydrogen-bond donors (Lipinski definition) is 3. The standard InChI is InChI=1S/C28H27ClFN5O6/c1-2-40-22-11-21(35-23(36)10-19-24(25(35)31)28(39)33-27(19)38)20(29)9-18(22)26(37)32-12-17-14-34(7-8-41-17)13-15-3-5-16(30)6-4-15/h3-6,9-11,17H,2,7-8,12-14,31H2,1H3,(H,32,37)(H,33,38,39). The van der Waals surface area contributed by atoms with Crippen molar-refractivity contribution in [2.75, 3.05) is 38.6 Å². The number of ether oxygens (including phenoxy) is 2. The van der Waals surface area contributed by atoms with E-state index in [-0.39, 0.29) is 64.0 Å². The number of fused-ring (bicyclic) bond motifs is 1. The van der Waals surface area contributed by atoms with Gasteiger partial charge in [-0.3, -0.25) is 34.0 Å². The Morgan fingerprint density at radius 2 is 1.95 bits per heavy atom. The Kier molecular flexibility index (Phi) is 8.06. The van der Waals surface area contributed by atoms with Crippen LogP contribution in [0.25, 0.3) is 5.69 Å². The van der Waals surface area contributed by atoms with E-state index in [1.165, 1.54) is 24.3 Å². The minimum Gasteiger partial charge on any atom is -0.493 e. The zero-order valence-electron chi connectivity index (χ0n) is 22.0. The number of benzene rings is 2. The predicted molar refractivity (Wildman–Crippen MR) is 148 cm³/mol. The van der Waals surface area contributed by atoms with Gasteiger partial charge in [0.25, 0.3) is 23.3 Å². The molecule has 13 heteroatoms. The highest BCUT2D eigenvalue weighted by molar-refractivity contribution is 6.33. The number of imide groups is 1. The van der Waals surface area contributed by atoms with E-state index in [4.69, 9.17) is 26.8 Å². The average Bonchev–Trinajstić information content (AvgIpc) is 3.23. The smallest absolute Gasteiger partial charge is 0.262 e. The van der Waals surface area contributed by atoms with Gasteiger partial charge >= 0.3 is 0 Å². The van der Waals surface area contributed by atoms with Crippen LogP contribution >= 0.6 is 11.6 Å². The average molecular weight is 584 g/mol. The molecule has 1 unspecified atom stereocenters. The Labute approximate surface area is 239 Å². The monoisotopic (exact) mass is 583 g/mol. The van der Waals surface area contributed by atoms with Crippen molar-refractivity contribution in [2.45, 2.75) is 19.6 Å². The number of nitrogen functional groups attached to an aromatic ring is 1. The van der Waals surface area contributed by atoms with Gasteiger partial charge in [0.15, 0.2) is 0 Å². The number of aromatic nitrogens is 1. The van der Waals surface area contributed by atoms with Crippen molar-refractivity contribution in [1.82, 2.24) is 20.1 Å². The molecule has 3 heterocycles. The molecule has 0 aliphatic carbocycles. The van der Waals surface area contributed by atoms with Crippen molar-refractivity contribution < 1.29 is 28.2 Å². The molecule has 0 saturated carbocycles. The van der Waals surface area contributed by atoms with Crippen molar-refractivity contribution in [2.24, 2.45) is 0 Å². The molecule has 1 saturated heterocycles. The van der Waals surface area contributed by atoms with Gasteiger partial charge in [-0.05, 0) is 30.7 Å². The number of carbonyl (C=O) groups excluding carboxylic acids is 3. The Bertz CT molecular complexity index is 1590. The summed E-state index contributed by atoms with van der Waals surface area (Å²) in [5.41, 5.74) is 6.38. The quantitative estimate of drug-likeness (QED) is 0.342. The van der Waals surface area contributed by atoms with Crippen molar-refractivity contribution in [3.63, 3.8) is 0 Å². The minimum absolute atomic E-state index is 0.00326. The van der Waals surface area contributed by atoms with Crippen LogP contribution in [0.2, 0.25) is 5.02 Å². The first-order valence-corrected chi connectivity index (χ1v) is 13.3. The maximum Gasteiger partial charge on any atom is 0.262 e. The summed E-state index contributed by atoms with van der Waals surface area (Å²) in [6, 6.07) is 10.1. The highest BCUT2D eigenvalue weighted by Crippen LogP contribution is 2.32. The summed E-state index contributed by atoms with van der Waals surface area (Å²) in [5, 5.41) is 4.96. The summed E-state index contributed by atoms with van der Waals surface area (Å²) < 4.78 is 25.7. The molecule has 2 aliphatic heterocycles. The summed E-state index contributed by atoms with van der Waals surface area (Å²) in [6.07, 6.45) is -0.280. The van der Waals surface area contributed by atoms with Crippen molar-refractivity contribution in [1.29, 1.82) is 0 Å². The lowest BCUT2D eigenvalue weighted by Gasteiger charge is -2.33. The van der Waals surface area contributed by atoms with Gasteiger partial charge in [0, 0.05) is 38.3 Å². The van der Waals surface area contributed by atoms with Crippen LogP contribution in [0.3, 0.4) is 0 Å². The number of nitrogens with zero attached hydrogens (tertiary/aromatic N) is 2. The van der Waals surface area contributed by atoms with Gasteiger partial charge in [0.2, 0.25) is 0 Å². The van der Waals surface area contributed by atoms with Crippen molar-refractivity contribution >= 4 is 35.1 Å². The van der Waals surface area contributed by atoms with Crippen molar-refractivity contribution in [3.05, 3.63) is 85.9 Å². The zero-order chi connectivity index (χ0) is 29.3. The first kappa shape index (κ1) is 28.3. The minimum atomic E-state index is -0.727. The van der Waals surface area contributed by atoms with E-state index in [9.17, 15) is 23.6 Å². The Hall–Kier alpha value is -4.26. The third-order valence-electron chi connectivity index (χ3n) is 6.82. The highest BCUT2D eigenvalue weighted by Gasteiger charge is 2.32. The Balaban J connectivity index is 1.34. The van der Waals surface area contributed by atoms with Gasteiger partial charge in [0.1, 0.15) is 17.4 Å². The number of halogens is 2. The molecule has 2 aliphatic rings. The molecule has 5 rings (SSSR count). The van der Waals surface area contributed by atoms with E-state index in [2.05, 4.69) is 15.5 Å². The molecule has 41 heavy (non-hydrogen) atoms.